The van der Waals surface area contributed by atoms with Crippen LogP contribution in [0.25, 0.3) is 0 Å². The zero-order valence-corrected chi connectivity index (χ0v) is 14.5. The largest absolute Gasteiger partial charge is 0.417 e. The van der Waals surface area contributed by atoms with Gasteiger partial charge in [0.25, 0.3) is 0 Å². The third kappa shape index (κ3) is 3.38. The first-order chi connectivity index (χ1) is 11.5. The fourth-order valence-corrected chi connectivity index (χ4v) is 4.72. The van der Waals surface area contributed by atoms with Gasteiger partial charge >= 0.3 is 6.18 Å². The second-order valence-corrected chi connectivity index (χ2v) is 8.82. The van der Waals surface area contributed by atoms with E-state index < -0.39 is 28.3 Å². The quantitative estimate of drug-likeness (QED) is 0.657. The minimum Gasteiger partial charge on any atom is -0.380 e. The smallest absolute Gasteiger partial charge is 0.380 e. The lowest BCUT2D eigenvalue weighted by atomic mass is 9.84. The molecule has 1 fully saturated rings. The van der Waals surface area contributed by atoms with Gasteiger partial charge in [0.05, 0.1) is 9.80 Å². The van der Waals surface area contributed by atoms with Crippen LogP contribution in [0.4, 0.5) is 13.2 Å². The van der Waals surface area contributed by atoms with E-state index in [-0.39, 0.29) is 11.3 Å². The summed E-state index contributed by atoms with van der Waals surface area (Å²) in [6.07, 6.45) is 1.04. The van der Waals surface area contributed by atoms with Gasteiger partial charge in [-0.2, -0.15) is 13.2 Å². The van der Waals surface area contributed by atoms with E-state index in [0.717, 1.165) is 25.3 Å². The summed E-state index contributed by atoms with van der Waals surface area (Å²) < 4.78 is 60.4. The van der Waals surface area contributed by atoms with E-state index in [4.69, 9.17) is 0 Å². The third-order valence-corrected chi connectivity index (χ3v) is 6.88. The van der Waals surface area contributed by atoms with E-state index >= 15 is 0 Å². The van der Waals surface area contributed by atoms with Crippen molar-refractivity contribution in [3.63, 3.8) is 0 Å². The van der Waals surface area contributed by atoms with Crippen molar-refractivity contribution < 1.29 is 27.4 Å². The molecule has 0 aliphatic heterocycles. The van der Waals surface area contributed by atoms with Crippen molar-refractivity contribution in [2.75, 3.05) is 0 Å². The molecule has 0 spiro atoms. The minimum absolute atomic E-state index is 0.111. The van der Waals surface area contributed by atoms with Gasteiger partial charge in [-0.25, -0.2) is 0 Å². The highest BCUT2D eigenvalue weighted by molar-refractivity contribution is 8.27. The lowest BCUT2D eigenvalue weighted by Gasteiger charge is -2.39. The molecule has 7 heteroatoms. The molecule has 1 unspecified atom stereocenters. The van der Waals surface area contributed by atoms with Gasteiger partial charge in [-0.05, 0) is 49.8 Å². The predicted molar refractivity (Wildman–Crippen MR) is 91.5 cm³/mol. The van der Waals surface area contributed by atoms with Crippen molar-refractivity contribution >= 4 is 10.6 Å². The van der Waals surface area contributed by atoms with Crippen LogP contribution in [0, 0.1) is 5.92 Å². The van der Waals surface area contributed by atoms with Gasteiger partial charge in [-0.3, -0.25) is 9.11 Å². The Kier molecular flexibility index (Phi) is 4.56. The van der Waals surface area contributed by atoms with Crippen LogP contribution in [0.1, 0.15) is 37.7 Å². The molecule has 2 aliphatic carbocycles. The van der Waals surface area contributed by atoms with Gasteiger partial charge < -0.3 is 5.11 Å². The van der Waals surface area contributed by atoms with Gasteiger partial charge in [-0.1, -0.05) is 30.4 Å². The fraction of sp³-hybridized carbons (Fsp3) is 0.444. The number of aliphatic hydroxyl groups is 1. The average Bonchev–Trinajstić information content (AvgIpc) is 3.39. The molecule has 0 heterocycles. The highest BCUT2D eigenvalue weighted by Crippen LogP contribution is 2.61. The van der Waals surface area contributed by atoms with Crippen molar-refractivity contribution in [1.29, 1.82) is 0 Å². The van der Waals surface area contributed by atoms with Gasteiger partial charge in [-0.15, -0.1) is 10.6 Å². The van der Waals surface area contributed by atoms with Crippen LogP contribution in [0.2, 0.25) is 0 Å². The van der Waals surface area contributed by atoms with Crippen LogP contribution < -0.4 is 0 Å². The normalized spacial score (nSPS) is 24.6. The number of allylic oxidation sites excluding steroid dienone is 2. The van der Waals surface area contributed by atoms with E-state index in [1.165, 1.54) is 18.2 Å². The molecule has 0 bridgehead atoms. The standard InChI is InChI=1S/C18H21F3O3S/c1-17(22,18(19,20)21)13-8-10-14(11-9-13)25(23,24)16-5-3-2-4-15(16)12-6-7-12/h2-5,8,10-13,22-24H,6-7,9H2,1H3/t13?,17-/m0/s1. The van der Waals surface area contributed by atoms with Gasteiger partial charge in [0.15, 0.2) is 5.60 Å². The van der Waals surface area contributed by atoms with Crippen molar-refractivity contribution in [2.24, 2.45) is 5.92 Å². The lowest BCUT2D eigenvalue weighted by Crippen LogP contribution is -2.48. The second-order valence-electron chi connectivity index (χ2n) is 6.81. The molecule has 2 aliphatic rings. The van der Waals surface area contributed by atoms with Crippen LogP contribution in [0.3, 0.4) is 0 Å². The van der Waals surface area contributed by atoms with Crippen LogP contribution in [0.15, 0.2) is 52.3 Å². The van der Waals surface area contributed by atoms with Crippen molar-refractivity contribution in [3.8, 4) is 0 Å². The van der Waals surface area contributed by atoms with Crippen LogP contribution in [-0.4, -0.2) is 26.0 Å². The summed E-state index contributed by atoms with van der Waals surface area (Å²) in [7, 11) is -3.29. The molecule has 2 atom stereocenters. The number of alkyl halides is 3. The summed E-state index contributed by atoms with van der Waals surface area (Å²) in [4.78, 5) is 0.643. The summed E-state index contributed by atoms with van der Waals surface area (Å²) >= 11 is 0. The van der Waals surface area contributed by atoms with E-state index in [1.807, 2.05) is 12.1 Å². The van der Waals surface area contributed by atoms with Gasteiger partial charge in [0, 0.05) is 5.92 Å². The average molecular weight is 374 g/mol. The molecule has 1 aromatic rings. The van der Waals surface area contributed by atoms with Crippen molar-refractivity contribution in [3.05, 3.63) is 53.0 Å². The van der Waals surface area contributed by atoms with E-state index in [0.29, 0.717) is 10.8 Å². The molecule has 3 nitrogen and oxygen atoms in total. The summed E-state index contributed by atoms with van der Waals surface area (Å²) in [5.74, 6) is -0.848. The number of hydrogen-bond acceptors (Lipinski definition) is 3. The van der Waals surface area contributed by atoms with Crippen molar-refractivity contribution in [2.45, 2.75) is 48.8 Å². The molecular formula is C18H21F3O3S. The molecule has 0 aromatic heterocycles. The Morgan fingerprint density at radius 1 is 1.12 bits per heavy atom. The van der Waals surface area contributed by atoms with Crippen LogP contribution >= 0.6 is 10.6 Å². The molecule has 0 radical (unpaired) electrons. The lowest BCUT2D eigenvalue weighted by molar-refractivity contribution is -0.266. The summed E-state index contributed by atoms with van der Waals surface area (Å²) in [6, 6.07) is 7.09. The fourth-order valence-electron chi connectivity index (χ4n) is 3.04. The molecule has 3 rings (SSSR count). The first-order valence-corrected chi connectivity index (χ1v) is 9.64. The molecule has 1 aromatic carbocycles. The number of halogens is 3. The minimum atomic E-state index is -4.76. The van der Waals surface area contributed by atoms with E-state index in [1.54, 1.807) is 12.1 Å². The molecule has 25 heavy (non-hydrogen) atoms. The molecule has 3 N–H and O–H groups in total. The predicted octanol–water partition coefficient (Wildman–Crippen LogP) is 5.45. The maximum atomic E-state index is 13.0. The molecular weight excluding hydrogens is 353 g/mol. The summed E-state index contributed by atoms with van der Waals surface area (Å²) in [5, 5.41) is 9.78. The molecule has 1 saturated carbocycles. The monoisotopic (exact) mass is 374 g/mol. The Morgan fingerprint density at radius 2 is 1.76 bits per heavy atom. The number of benzene rings is 1. The Bertz CT molecular complexity index is 719. The van der Waals surface area contributed by atoms with Crippen LogP contribution in [0.5, 0.6) is 0 Å². The summed E-state index contributed by atoms with van der Waals surface area (Å²) in [5.41, 5.74) is -1.97. The van der Waals surface area contributed by atoms with Crippen LogP contribution in [-0.2, 0) is 0 Å². The van der Waals surface area contributed by atoms with E-state index in [9.17, 15) is 27.4 Å². The van der Waals surface area contributed by atoms with E-state index in [2.05, 4.69) is 0 Å². The zero-order valence-electron chi connectivity index (χ0n) is 13.7. The Balaban J connectivity index is 1.86. The molecule has 0 amide bonds. The highest BCUT2D eigenvalue weighted by atomic mass is 32.3. The zero-order chi connectivity index (χ0) is 18.5. The van der Waals surface area contributed by atoms with Crippen molar-refractivity contribution in [1.82, 2.24) is 0 Å². The highest BCUT2D eigenvalue weighted by Gasteiger charge is 2.54. The Labute approximate surface area is 146 Å². The Hall–Kier alpha value is -1.28. The number of rotatable bonds is 4. The topological polar surface area (TPSA) is 60.7 Å². The van der Waals surface area contributed by atoms with Gasteiger partial charge in [0.2, 0.25) is 0 Å². The maximum absolute atomic E-state index is 13.0. The second kappa shape index (κ2) is 6.16. The SMILES string of the molecule is C[C@](O)(C1C=CC(S(O)(O)c2ccccc2C2CC2)=CC1)C(F)(F)F. The maximum Gasteiger partial charge on any atom is 0.417 e. The summed E-state index contributed by atoms with van der Waals surface area (Å²) in [6.45, 7) is 0.737. The first-order valence-electron chi connectivity index (χ1n) is 8.10. The molecule has 138 valence electrons. The van der Waals surface area contributed by atoms with Gasteiger partial charge in [0.1, 0.15) is 0 Å². The first kappa shape index (κ1) is 18.5. The number of hydrogen-bond donors (Lipinski definition) is 3. The molecule has 0 saturated heterocycles. The Morgan fingerprint density at radius 3 is 2.28 bits per heavy atom. The third-order valence-electron chi connectivity index (χ3n) is 4.93.